The average molecular weight is 281 g/mol. The lowest BCUT2D eigenvalue weighted by molar-refractivity contribution is -0.113. The minimum atomic E-state index is -0.233. The Balaban J connectivity index is 3.18. The Morgan fingerprint density at radius 1 is 0.882 bits per heavy atom. The summed E-state index contributed by atoms with van der Waals surface area (Å²) in [6.07, 6.45) is 8.72. The van der Waals surface area contributed by atoms with Crippen molar-refractivity contribution < 1.29 is 9.59 Å². The van der Waals surface area contributed by atoms with E-state index in [0.717, 1.165) is 32.1 Å². The minimum absolute atomic E-state index is 0.232. The molecule has 0 aromatic carbocycles. The van der Waals surface area contributed by atoms with Gasteiger partial charge < -0.3 is 0 Å². The van der Waals surface area contributed by atoms with Crippen molar-refractivity contribution >= 4 is 33.7 Å². The van der Waals surface area contributed by atoms with Crippen LogP contribution in [0.3, 0.4) is 0 Å². The van der Waals surface area contributed by atoms with Gasteiger partial charge in [0, 0.05) is 12.8 Å². The van der Waals surface area contributed by atoms with E-state index >= 15 is 0 Å². The van der Waals surface area contributed by atoms with E-state index in [1.54, 1.807) is 0 Å². The first kappa shape index (κ1) is 16.9. The van der Waals surface area contributed by atoms with Crippen LogP contribution in [0.4, 0.5) is 0 Å². The van der Waals surface area contributed by atoms with Crippen molar-refractivity contribution in [3.63, 3.8) is 0 Å². The molecule has 0 aromatic heterocycles. The molecule has 0 saturated carbocycles. The fourth-order valence-electron chi connectivity index (χ4n) is 1.84. The fourth-order valence-corrected chi connectivity index (χ4v) is 2.24. The molecule has 0 aliphatic carbocycles. The van der Waals surface area contributed by atoms with Crippen LogP contribution < -0.4 is 0 Å². The van der Waals surface area contributed by atoms with Gasteiger partial charge in [-0.1, -0.05) is 45.4 Å². The first-order valence-electron chi connectivity index (χ1n) is 6.39. The van der Waals surface area contributed by atoms with Crippen LogP contribution >= 0.6 is 23.2 Å². The zero-order valence-electron chi connectivity index (χ0n) is 10.5. The predicted octanol–water partition coefficient (Wildman–Crippen LogP) is 4.66. The second-order valence-corrected chi connectivity index (χ2v) is 5.52. The highest BCUT2D eigenvalue weighted by Crippen LogP contribution is 2.16. The van der Waals surface area contributed by atoms with Crippen LogP contribution in [0, 0.1) is 5.92 Å². The minimum Gasteiger partial charge on any atom is -0.281 e. The molecule has 0 heterocycles. The summed E-state index contributed by atoms with van der Waals surface area (Å²) in [4.78, 5) is 21.1. The van der Waals surface area contributed by atoms with Crippen LogP contribution in [-0.4, -0.2) is 10.5 Å². The number of carbonyl (C=O) groups is 2. The molecule has 0 amide bonds. The third kappa shape index (κ3) is 13.9. The second kappa shape index (κ2) is 11.0. The molecule has 0 bridgehead atoms. The Morgan fingerprint density at radius 2 is 1.41 bits per heavy atom. The molecule has 4 heteroatoms. The molecule has 0 spiro atoms. The number of carbonyl (C=O) groups excluding carboxylic acids is 2. The predicted molar refractivity (Wildman–Crippen MR) is 72.4 cm³/mol. The van der Waals surface area contributed by atoms with Crippen LogP contribution in [-0.2, 0) is 9.59 Å². The van der Waals surface area contributed by atoms with Crippen molar-refractivity contribution in [1.29, 1.82) is 0 Å². The van der Waals surface area contributed by atoms with E-state index in [2.05, 4.69) is 6.92 Å². The lowest BCUT2D eigenvalue weighted by atomic mass is 9.99. The van der Waals surface area contributed by atoms with Gasteiger partial charge in [-0.2, -0.15) is 0 Å². The van der Waals surface area contributed by atoms with Gasteiger partial charge in [0.15, 0.2) is 0 Å². The normalized spacial score (nSPS) is 12.4. The molecule has 1 atom stereocenters. The number of hydrogen-bond acceptors (Lipinski definition) is 2. The summed E-state index contributed by atoms with van der Waals surface area (Å²) >= 11 is 10.6. The molecule has 0 radical (unpaired) electrons. The zero-order valence-corrected chi connectivity index (χ0v) is 12.0. The van der Waals surface area contributed by atoms with E-state index in [4.69, 9.17) is 23.2 Å². The Kier molecular flexibility index (Phi) is 11.0. The SMILES string of the molecule is CC(CCCCCCCCC(=O)Cl)CC(=O)Cl. The molecular weight excluding hydrogens is 259 g/mol. The Morgan fingerprint density at radius 3 is 1.94 bits per heavy atom. The van der Waals surface area contributed by atoms with E-state index in [9.17, 15) is 9.59 Å². The van der Waals surface area contributed by atoms with Crippen LogP contribution in [0.2, 0.25) is 0 Å². The molecule has 0 N–H and O–H groups in total. The van der Waals surface area contributed by atoms with Crippen molar-refractivity contribution in [2.75, 3.05) is 0 Å². The van der Waals surface area contributed by atoms with E-state index in [0.29, 0.717) is 18.8 Å². The molecule has 0 aromatic rings. The van der Waals surface area contributed by atoms with Crippen molar-refractivity contribution in [2.45, 2.75) is 64.7 Å². The largest absolute Gasteiger partial charge is 0.281 e. The van der Waals surface area contributed by atoms with Crippen molar-refractivity contribution in [2.24, 2.45) is 5.92 Å². The van der Waals surface area contributed by atoms with Gasteiger partial charge in [0.05, 0.1) is 0 Å². The van der Waals surface area contributed by atoms with E-state index in [1.807, 2.05) is 0 Å². The standard InChI is InChI=1S/C13H22Cl2O2/c1-11(10-13(15)17)8-6-4-2-3-5-7-9-12(14)16/h11H,2-10H2,1H3. The monoisotopic (exact) mass is 280 g/mol. The molecule has 17 heavy (non-hydrogen) atoms. The summed E-state index contributed by atoms with van der Waals surface area (Å²) in [5.41, 5.74) is 0. The summed E-state index contributed by atoms with van der Waals surface area (Å²) in [5, 5.41) is -0.465. The molecule has 0 aliphatic rings. The van der Waals surface area contributed by atoms with E-state index in [-0.39, 0.29) is 10.5 Å². The number of halogens is 2. The van der Waals surface area contributed by atoms with Gasteiger partial charge in [-0.05, 0) is 35.5 Å². The van der Waals surface area contributed by atoms with Crippen LogP contribution in [0.5, 0.6) is 0 Å². The first-order chi connectivity index (χ1) is 8.02. The Labute approximate surface area is 114 Å². The lowest BCUT2D eigenvalue weighted by Crippen LogP contribution is -1.99. The van der Waals surface area contributed by atoms with Gasteiger partial charge in [0.25, 0.3) is 0 Å². The van der Waals surface area contributed by atoms with Gasteiger partial charge in [-0.3, -0.25) is 9.59 Å². The first-order valence-corrected chi connectivity index (χ1v) is 7.14. The Hall–Kier alpha value is -0.0800. The molecule has 0 aliphatic heterocycles. The highest BCUT2D eigenvalue weighted by atomic mass is 35.5. The summed E-state index contributed by atoms with van der Waals surface area (Å²) < 4.78 is 0. The third-order valence-electron chi connectivity index (χ3n) is 2.83. The maximum Gasteiger partial charge on any atom is 0.221 e. The summed E-state index contributed by atoms with van der Waals surface area (Å²) in [5.74, 6) is 0.397. The quantitative estimate of drug-likeness (QED) is 0.407. The fraction of sp³-hybridized carbons (Fsp3) is 0.846. The van der Waals surface area contributed by atoms with Crippen molar-refractivity contribution in [3.8, 4) is 0 Å². The highest BCUT2D eigenvalue weighted by molar-refractivity contribution is 6.63. The Bertz CT molecular complexity index is 229. The van der Waals surface area contributed by atoms with E-state index in [1.165, 1.54) is 12.8 Å². The molecule has 0 rings (SSSR count). The van der Waals surface area contributed by atoms with Gasteiger partial charge in [0.2, 0.25) is 10.5 Å². The topological polar surface area (TPSA) is 34.1 Å². The van der Waals surface area contributed by atoms with Gasteiger partial charge >= 0.3 is 0 Å². The maximum atomic E-state index is 10.6. The number of unbranched alkanes of at least 4 members (excludes halogenated alkanes) is 5. The number of hydrogen-bond donors (Lipinski definition) is 0. The lowest BCUT2D eigenvalue weighted by Gasteiger charge is -2.07. The number of rotatable bonds is 11. The zero-order chi connectivity index (χ0) is 13.1. The smallest absolute Gasteiger partial charge is 0.221 e. The van der Waals surface area contributed by atoms with Gasteiger partial charge in [0.1, 0.15) is 0 Å². The molecule has 2 nitrogen and oxygen atoms in total. The third-order valence-corrected chi connectivity index (χ3v) is 3.17. The summed E-state index contributed by atoms with van der Waals surface area (Å²) in [6.45, 7) is 2.06. The average Bonchev–Trinajstić information content (AvgIpc) is 2.20. The molecule has 0 fully saturated rings. The molecule has 0 saturated heterocycles. The second-order valence-electron chi connectivity index (χ2n) is 4.68. The molecule has 1 unspecified atom stereocenters. The van der Waals surface area contributed by atoms with Gasteiger partial charge in [-0.15, -0.1) is 0 Å². The van der Waals surface area contributed by atoms with Crippen molar-refractivity contribution in [1.82, 2.24) is 0 Å². The van der Waals surface area contributed by atoms with Crippen molar-refractivity contribution in [3.05, 3.63) is 0 Å². The maximum absolute atomic E-state index is 10.6. The van der Waals surface area contributed by atoms with Crippen LogP contribution in [0.25, 0.3) is 0 Å². The summed E-state index contributed by atoms with van der Waals surface area (Å²) in [6, 6.07) is 0. The van der Waals surface area contributed by atoms with Crippen LogP contribution in [0.1, 0.15) is 64.7 Å². The summed E-state index contributed by atoms with van der Waals surface area (Å²) in [7, 11) is 0. The van der Waals surface area contributed by atoms with E-state index < -0.39 is 0 Å². The molecular formula is C13H22Cl2O2. The van der Waals surface area contributed by atoms with Crippen LogP contribution in [0.15, 0.2) is 0 Å². The van der Waals surface area contributed by atoms with Gasteiger partial charge in [-0.25, -0.2) is 0 Å². The highest BCUT2D eigenvalue weighted by Gasteiger charge is 2.06. The molecule has 100 valence electrons.